The lowest BCUT2D eigenvalue weighted by atomic mass is 9.87. The van der Waals surface area contributed by atoms with Gasteiger partial charge in [0.05, 0.1) is 11.3 Å². The van der Waals surface area contributed by atoms with E-state index in [1.807, 2.05) is 0 Å². The van der Waals surface area contributed by atoms with Crippen LogP contribution in [0.5, 0.6) is 5.88 Å². The molecular formula is C17H24N2O. The maximum absolute atomic E-state index is 10.5. The molecule has 108 valence electrons. The first-order valence-corrected chi connectivity index (χ1v) is 7.22. The fraction of sp³-hybridized carbons (Fsp3) is 0.471. The van der Waals surface area contributed by atoms with Crippen LogP contribution in [0, 0.1) is 6.92 Å². The summed E-state index contributed by atoms with van der Waals surface area (Å²) in [4.78, 5) is 0. The van der Waals surface area contributed by atoms with Crippen molar-refractivity contribution in [2.45, 2.75) is 53.0 Å². The molecule has 0 amide bonds. The van der Waals surface area contributed by atoms with Crippen LogP contribution in [0.2, 0.25) is 0 Å². The van der Waals surface area contributed by atoms with Crippen molar-refractivity contribution >= 4 is 0 Å². The van der Waals surface area contributed by atoms with Crippen LogP contribution in [-0.4, -0.2) is 14.9 Å². The molecule has 1 aromatic carbocycles. The Labute approximate surface area is 121 Å². The Morgan fingerprint density at radius 2 is 1.75 bits per heavy atom. The molecule has 1 N–H and O–H groups in total. The summed E-state index contributed by atoms with van der Waals surface area (Å²) in [5, 5.41) is 15.2. The third-order valence-electron chi connectivity index (χ3n) is 3.41. The van der Waals surface area contributed by atoms with Crippen LogP contribution in [0.25, 0.3) is 11.1 Å². The van der Waals surface area contributed by atoms with Gasteiger partial charge in [-0.1, -0.05) is 57.5 Å². The van der Waals surface area contributed by atoms with Crippen molar-refractivity contribution in [3.63, 3.8) is 0 Å². The molecule has 2 aromatic rings. The monoisotopic (exact) mass is 272 g/mol. The van der Waals surface area contributed by atoms with E-state index < -0.39 is 0 Å². The van der Waals surface area contributed by atoms with E-state index in [2.05, 4.69) is 64.0 Å². The summed E-state index contributed by atoms with van der Waals surface area (Å²) in [5.74, 6) is 0.278. The van der Waals surface area contributed by atoms with Crippen molar-refractivity contribution in [2.24, 2.45) is 0 Å². The van der Waals surface area contributed by atoms with Gasteiger partial charge >= 0.3 is 0 Å². The number of aryl methyl sites for hydroxylation is 2. The normalized spacial score (nSPS) is 11.8. The zero-order chi connectivity index (χ0) is 14.9. The molecule has 0 fully saturated rings. The van der Waals surface area contributed by atoms with Gasteiger partial charge in [0.2, 0.25) is 5.88 Å². The Morgan fingerprint density at radius 1 is 1.15 bits per heavy atom. The van der Waals surface area contributed by atoms with Gasteiger partial charge in [-0.2, -0.15) is 5.10 Å². The maximum atomic E-state index is 10.5. The number of benzene rings is 1. The first-order valence-electron chi connectivity index (χ1n) is 7.22. The standard InChI is InChI=1S/C17H24N2O/c1-6-11-19-16(20)14(15(18-19)17(3,4)5)13-9-7-12(2)8-10-13/h7-10,20H,6,11H2,1-5H3. The van der Waals surface area contributed by atoms with Crippen LogP contribution in [-0.2, 0) is 12.0 Å². The number of hydrogen-bond donors (Lipinski definition) is 1. The fourth-order valence-electron chi connectivity index (χ4n) is 2.33. The average Bonchev–Trinajstić information content (AvgIpc) is 2.69. The highest BCUT2D eigenvalue weighted by atomic mass is 16.3. The van der Waals surface area contributed by atoms with Crippen molar-refractivity contribution < 1.29 is 5.11 Å². The van der Waals surface area contributed by atoms with E-state index in [0.717, 1.165) is 29.8 Å². The molecule has 0 saturated carbocycles. The molecule has 0 saturated heterocycles. The summed E-state index contributed by atoms with van der Waals surface area (Å²) in [5.41, 5.74) is 3.96. The van der Waals surface area contributed by atoms with Crippen LogP contribution >= 0.6 is 0 Å². The second-order valence-electron chi connectivity index (χ2n) is 6.39. The van der Waals surface area contributed by atoms with Crippen molar-refractivity contribution in [3.05, 3.63) is 35.5 Å². The minimum absolute atomic E-state index is 0.101. The maximum Gasteiger partial charge on any atom is 0.217 e. The van der Waals surface area contributed by atoms with Crippen LogP contribution in [0.4, 0.5) is 0 Å². The number of aromatic hydroxyl groups is 1. The van der Waals surface area contributed by atoms with Crippen LogP contribution in [0.15, 0.2) is 24.3 Å². The molecule has 20 heavy (non-hydrogen) atoms. The average molecular weight is 272 g/mol. The van der Waals surface area contributed by atoms with Crippen molar-refractivity contribution in [2.75, 3.05) is 0 Å². The first kappa shape index (κ1) is 14.6. The Balaban J connectivity index is 2.63. The fourth-order valence-corrected chi connectivity index (χ4v) is 2.33. The Hall–Kier alpha value is -1.77. The van der Waals surface area contributed by atoms with Gasteiger partial charge in [0, 0.05) is 12.0 Å². The molecule has 0 unspecified atom stereocenters. The summed E-state index contributed by atoms with van der Waals surface area (Å²) in [7, 11) is 0. The van der Waals surface area contributed by atoms with E-state index in [-0.39, 0.29) is 11.3 Å². The first-order chi connectivity index (χ1) is 9.34. The van der Waals surface area contributed by atoms with E-state index in [1.165, 1.54) is 5.56 Å². The minimum atomic E-state index is -0.101. The molecule has 0 aliphatic carbocycles. The highest BCUT2D eigenvalue weighted by Crippen LogP contribution is 2.38. The predicted octanol–water partition coefficient (Wildman–Crippen LogP) is 4.27. The highest BCUT2D eigenvalue weighted by molar-refractivity contribution is 5.72. The number of hydrogen-bond acceptors (Lipinski definition) is 2. The van der Waals surface area contributed by atoms with Crippen LogP contribution in [0.3, 0.4) is 0 Å². The second kappa shape index (κ2) is 5.31. The Bertz CT molecular complexity index is 589. The van der Waals surface area contributed by atoms with Crippen LogP contribution < -0.4 is 0 Å². The lowest BCUT2D eigenvalue weighted by molar-refractivity contribution is 0.397. The van der Waals surface area contributed by atoms with Gasteiger partial charge in [0.25, 0.3) is 0 Å². The lowest BCUT2D eigenvalue weighted by Crippen LogP contribution is -2.14. The van der Waals surface area contributed by atoms with E-state index in [4.69, 9.17) is 0 Å². The zero-order valence-electron chi connectivity index (χ0n) is 13.1. The van der Waals surface area contributed by atoms with E-state index in [0.29, 0.717) is 0 Å². The molecule has 1 aromatic heterocycles. The van der Waals surface area contributed by atoms with E-state index >= 15 is 0 Å². The molecule has 0 radical (unpaired) electrons. The van der Waals surface area contributed by atoms with Gasteiger partial charge in [-0.25, -0.2) is 4.68 Å². The summed E-state index contributed by atoms with van der Waals surface area (Å²) >= 11 is 0. The lowest BCUT2D eigenvalue weighted by Gasteiger charge is -2.17. The van der Waals surface area contributed by atoms with Crippen molar-refractivity contribution in [1.29, 1.82) is 0 Å². The van der Waals surface area contributed by atoms with E-state index in [9.17, 15) is 5.11 Å². The summed E-state index contributed by atoms with van der Waals surface area (Å²) in [6.45, 7) is 11.3. The largest absolute Gasteiger partial charge is 0.493 e. The molecule has 0 spiro atoms. The van der Waals surface area contributed by atoms with Gasteiger partial charge in [-0.15, -0.1) is 0 Å². The quantitative estimate of drug-likeness (QED) is 0.906. The predicted molar refractivity (Wildman–Crippen MR) is 83.1 cm³/mol. The minimum Gasteiger partial charge on any atom is -0.493 e. The van der Waals surface area contributed by atoms with Crippen LogP contribution in [0.1, 0.15) is 45.4 Å². The topological polar surface area (TPSA) is 38.0 Å². The molecule has 3 nitrogen and oxygen atoms in total. The number of nitrogens with zero attached hydrogens (tertiary/aromatic N) is 2. The Morgan fingerprint density at radius 3 is 2.25 bits per heavy atom. The number of aromatic nitrogens is 2. The van der Waals surface area contributed by atoms with Gasteiger partial charge < -0.3 is 5.11 Å². The van der Waals surface area contributed by atoms with Crippen molar-refractivity contribution in [1.82, 2.24) is 9.78 Å². The molecule has 3 heteroatoms. The molecule has 0 aliphatic heterocycles. The highest BCUT2D eigenvalue weighted by Gasteiger charge is 2.27. The smallest absolute Gasteiger partial charge is 0.217 e. The summed E-state index contributed by atoms with van der Waals surface area (Å²) < 4.78 is 1.72. The molecule has 1 heterocycles. The van der Waals surface area contributed by atoms with Gasteiger partial charge in [0.15, 0.2) is 0 Å². The molecule has 0 atom stereocenters. The summed E-state index contributed by atoms with van der Waals surface area (Å²) in [6, 6.07) is 8.24. The number of rotatable bonds is 3. The van der Waals surface area contributed by atoms with Crippen molar-refractivity contribution in [3.8, 4) is 17.0 Å². The second-order valence-corrected chi connectivity index (χ2v) is 6.39. The van der Waals surface area contributed by atoms with Gasteiger partial charge in [-0.3, -0.25) is 0 Å². The molecule has 0 bridgehead atoms. The molecule has 0 aliphatic rings. The SMILES string of the molecule is CCCn1nc(C(C)(C)C)c(-c2ccc(C)cc2)c1O. The Kier molecular flexibility index (Phi) is 3.89. The van der Waals surface area contributed by atoms with Gasteiger partial charge in [-0.05, 0) is 18.9 Å². The van der Waals surface area contributed by atoms with Gasteiger partial charge in [0.1, 0.15) is 0 Å². The third-order valence-corrected chi connectivity index (χ3v) is 3.41. The third kappa shape index (κ3) is 2.72. The summed E-state index contributed by atoms with van der Waals surface area (Å²) in [6.07, 6.45) is 0.951. The molecule has 2 rings (SSSR count). The van der Waals surface area contributed by atoms with E-state index in [1.54, 1.807) is 4.68 Å². The zero-order valence-corrected chi connectivity index (χ0v) is 13.1. The molecular weight excluding hydrogens is 248 g/mol.